The summed E-state index contributed by atoms with van der Waals surface area (Å²) in [4.78, 5) is 15.8. The number of hydrogen-bond acceptors (Lipinski definition) is 4. The monoisotopic (exact) mass is 277 g/mol. The molecule has 0 bridgehead atoms. The van der Waals surface area contributed by atoms with E-state index in [2.05, 4.69) is 40.6 Å². The molecule has 5 nitrogen and oxygen atoms in total. The predicted molar refractivity (Wildman–Crippen MR) is 80.8 cm³/mol. The summed E-state index contributed by atoms with van der Waals surface area (Å²) in [6.45, 7) is 12.5. The molecule has 1 atom stereocenters. The molecule has 0 aromatic carbocycles. The van der Waals surface area contributed by atoms with Crippen molar-refractivity contribution in [1.29, 1.82) is 0 Å². The van der Waals surface area contributed by atoms with Crippen molar-refractivity contribution >= 4 is 0 Å². The van der Waals surface area contributed by atoms with Gasteiger partial charge in [-0.2, -0.15) is 0 Å². The Morgan fingerprint density at radius 2 is 2.00 bits per heavy atom. The first-order valence-corrected chi connectivity index (χ1v) is 7.85. The quantitative estimate of drug-likeness (QED) is 0.883. The zero-order valence-corrected chi connectivity index (χ0v) is 13.0. The first kappa shape index (κ1) is 14.0. The minimum Gasteiger partial charge on any atom is -0.346 e. The molecule has 2 aliphatic heterocycles. The van der Waals surface area contributed by atoms with E-state index in [1.165, 1.54) is 50.7 Å². The van der Waals surface area contributed by atoms with E-state index in [0.29, 0.717) is 6.04 Å². The predicted octanol–water partition coefficient (Wildman–Crippen LogP) is 0.712. The highest BCUT2D eigenvalue weighted by atomic mass is 15.3. The molecule has 3 rings (SSSR count). The summed E-state index contributed by atoms with van der Waals surface area (Å²) in [7, 11) is 2.24. The molecule has 1 aromatic heterocycles. The Bertz CT molecular complexity index is 455. The van der Waals surface area contributed by atoms with Gasteiger partial charge in [-0.1, -0.05) is 6.92 Å². The van der Waals surface area contributed by atoms with Gasteiger partial charge in [0.2, 0.25) is 0 Å². The van der Waals surface area contributed by atoms with Crippen LogP contribution in [0.1, 0.15) is 24.1 Å². The van der Waals surface area contributed by atoms with E-state index >= 15 is 0 Å². The maximum absolute atomic E-state index is 4.72. The van der Waals surface area contributed by atoms with Crippen LogP contribution in [-0.4, -0.2) is 77.0 Å². The Balaban J connectivity index is 1.62. The van der Waals surface area contributed by atoms with Gasteiger partial charge in [-0.25, -0.2) is 4.98 Å². The second-order valence-electron chi connectivity index (χ2n) is 6.30. The molecular formula is C15H27N5. The fraction of sp³-hybridized carbons (Fsp3) is 0.800. The van der Waals surface area contributed by atoms with Crippen LogP contribution in [0, 0.1) is 6.92 Å². The largest absolute Gasteiger partial charge is 0.346 e. The summed E-state index contributed by atoms with van der Waals surface area (Å²) >= 11 is 0. The van der Waals surface area contributed by atoms with Gasteiger partial charge in [0.25, 0.3) is 0 Å². The van der Waals surface area contributed by atoms with Gasteiger partial charge in [0.1, 0.15) is 5.82 Å². The Kier molecular flexibility index (Phi) is 4.10. The van der Waals surface area contributed by atoms with Crippen LogP contribution in [-0.2, 0) is 13.0 Å². The molecule has 0 spiro atoms. The van der Waals surface area contributed by atoms with E-state index < -0.39 is 0 Å². The summed E-state index contributed by atoms with van der Waals surface area (Å²) in [5.41, 5.74) is 2.48. The third kappa shape index (κ3) is 2.90. The fourth-order valence-electron chi connectivity index (χ4n) is 3.42. The fourth-order valence-corrected chi connectivity index (χ4v) is 3.42. The Morgan fingerprint density at radius 1 is 1.20 bits per heavy atom. The number of piperazine rings is 2. The molecule has 1 unspecified atom stereocenters. The van der Waals surface area contributed by atoms with E-state index in [4.69, 9.17) is 4.98 Å². The number of H-pyrrole nitrogens is 1. The minimum atomic E-state index is 0.701. The number of aromatic amines is 1. The normalized spacial score (nSPS) is 25.9. The number of rotatable bonds is 3. The summed E-state index contributed by atoms with van der Waals surface area (Å²) in [6, 6.07) is 0.701. The molecule has 2 fully saturated rings. The van der Waals surface area contributed by atoms with Crippen LogP contribution in [0.25, 0.3) is 0 Å². The van der Waals surface area contributed by atoms with E-state index in [-0.39, 0.29) is 0 Å². The lowest BCUT2D eigenvalue weighted by atomic mass is 10.1. The second kappa shape index (κ2) is 5.84. The highest BCUT2D eigenvalue weighted by molar-refractivity contribution is 5.13. The van der Waals surface area contributed by atoms with Crippen LogP contribution in [0.15, 0.2) is 0 Å². The molecule has 0 saturated carbocycles. The van der Waals surface area contributed by atoms with Gasteiger partial charge >= 0.3 is 0 Å². The summed E-state index contributed by atoms with van der Waals surface area (Å²) < 4.78 is 0. The Hall–Kier alpha value is -0.910. The summed E-state index contributed by atoms with van der Waals surface area (Å²) in [5, 5.41) is 0. The highest BCUT2D eigenvalue weighted by Crippen LogP contribution is 2.17. The van der Waals surface area contributed by atoms with Gasteiger partial charge in [-0.05, 0) is 14.0 Å². The SMILES string of the molecule is CCc1nc(CN2CCN3CCN(C)CC3C2)c(C)[nH]1. The van der Waals surface area contributed by atoms with Crippen molar-refractivity contribution in [3.63, 3.8) is 0 Å². The number of nitrogens with one attached hydrogen (secondary N) is 1. The zero-order valence-electron chi connectivity index (χ0n) is 13.0. The third-order valence-electron chi connectivity index (χ3n) is 4.72. The van der Waals surface area contributed by atoms with Crippen LogP contribution in [0.5, 0.6) is 0 Å². The van der Waals surface area contributed by atoms with Crippen LogP contribution in [0.4, 0.5) is 0 Å². The van der Waals surface area contributed by atoms with E-state index in [1.54, 1.807) is 0 Å². The molecule has 2 aliphatic rings. The van der Waals surface area contributed by atoms with Gasteiger partial charge in [-0.3, -0.25) is 9.80 Å². The number of nitrogens with zero attached hydrogens (tertiary/aromatic N) is 4. The van der Waals surface area contributed by atoms with E-state index in [1.807, 2.05) is 0 Å². The van der Waals surface area contributed by atoms with Crippen LogP contribution < -0.4 is 0 Å². The second-order valence-corrected chi connectivity index (χ2v) is 6.30. The lowest BCUT2D eigenvalue weighted by molar-refractivity contribution is 0.0171. The highest BCUT2D eigenvalue weighted by Gasteiger charge is 2.31. The molecule has 5 heteroatoms. The van der Waals surface area contributed by atoms with Crippen molar-refractivity contribution in [2.75, 3.05) is 46.3 Å². The maximum atomic E-state index is 4.72. The van der Waals surface area contributed by atoms with E-state index in [0.717, 1.165) is 18.8 Å². The van der Waals surface area contributed by atoms with Crippen molar-refractivity contribution in [3.8, 4) is 0 Å². The number of aryl methyl sites for hydroxylation is 2. The average Bonchev–Trinajstić information content (AvgIpc) is 2.79. The van der Waals surface area contributed by atoms with Gasteiger partial charge in [0.05, 0.1) is 5.69 Å². The lowest BCUT2D eigenvalue weighted by Gasteiger charge is -2.46. The number of likely N-dealkylation sites (N-methyl/N-ethyl adjacent to an activating group) is 1. The molecule has 1 N–H and O–H groups in total. The van der Waals surface area contributed by atoms with Crippen molar-refractivity contribution < 1.29 is 0 Å². The van der Waals surface area contributed by atoms with Gasteiger partial charge < -0.3 is 9.88 Å². The minimum absolute atomic E-state index is 0.701. The Labute approximate surface area is 122 Å². The van der Waals surface area contributed by atoms with Crippen molar-refractivity contribution in [2.24, 2.45) is 0 Å². The number of fused-ring (bicyclic) bond motifs is 1. The molecule has 0 radical (unpaired) electrons. The molecule has 20 heavy (non-hydrogen) atoms. The van der Waals surface area contributed by atoms with Crippen LogP contribution in [0.2, 0.25) is 0 Å². The molecule has 0 amide bonds. The number of hydrogen-bond donors (Lipinski definition) is 1. The van der Waals surface area contributed by atoms with Gasteiger partial charge in [-0.15, -0.1) is 0 Å². The van der Waals surface area contributed by atoms with Gasteiger partial charge in [0.15, 0.2) is 0 Å². The number of imidazole rings is 1. The Morgan fingerprint density at radius 3 is 2.75 bits per heavy atom. The van der Waals surface area contributed by atoms with Crippen molar-refractivity contribution in [3.05, 3.63) is 17.2 Å². The van der Waals surface area contributed by atoms with Crippen LogP contribution in [0.3, 0.4) is 0 Å². The first-order valence-electron chi connectivity index (χ1n) is 7.85. The van der Waals surface area contributed by atoms with Crippen molar-refractivity contribution in [1.82, 2.24) is 24.7 Å². The smallest absolute Gasteiger partial charge is 0.106 e. The lowest BCUT2D eigenvalue weighted by Crippen LogP contribution is -2.61. The van der Waals surface area contributed by atoms with Gasteiger partial charge in [0, 0.05) is 64.0 Å². The molecule has 0 aliphatic carbocycles. The molecule has 2 saturated heterocycles. The third-order valence-corrected chi connectivity index (χ3v) is 4.72. The van der Waals surface area contributed by atoms with E-state index in [9.17, 15) is 0 Å². The number of aromatic nitrogens is 2. The van der Waals surface area contributed by atoms with Crippen LogP contribution >= 0.6 is 0 Å². The average molecular weight is 277 g/mol. The molecule has 3 heterocycles. The summed E-state index contributed by atoms with van der Waals surface area (Å²) in [6.07, 6.45) is 0.988. The first-order chi connectivity index (χ1) is 9.65. The topological polar surface area (TPSA) is 38.4 Å². The van der Waals surface area contributed by atoms with Crippen molar-refractivity contribution in [2.45, 2.75) is 32.9 Å². The zero-order chi connectivity index (χ0) is 14.1. The standard InChI is InChI=1S/C15H27N5/c1-4-15-16-12(2)14(17-15)11-19-6-8-20-7-5-18(3)9-13(20)10-19/h13H,4-11H2,1-3H3,(H,16,17). The summed E-state index contributed by atoms with van der Waals surface area (Å²) in [5.74, 6) is 1.12. The molecular weight excluding hydrogens is 250 g/mol. The molecule has 1 aromatic rings. The molecule has 112 valence electrons. The maximum Gasteiger partial charge on any atom is 0.106 e.